The molecule has 19 nitrogen and oxygen atoms in total. The molecule has 616 valence electrons. The Morgan fingerprint density at radius 3 is 0.933 bits per heavy atom. The summed E-state index contributed by atoms with van der Waals surface area (Å²) in [5.74, 6) is -0.233. The van der Waals surface area contributed by atoms with Crippen molar-refractivity contribution in [1.82, 2.24) is 5.32 Å². The van der Waals surface area contributed by atoms with Crippen molar-refractivity contribution in [1.29, 1.82) is 0 Å². The number of aliphatic hydroxyl groups is 11. The Labute approximate surface area is 633 Å². The molecule has 0 aromatic heterocycles. The Morgan fingerprint density at radius 2 is 0.606 bits per heavy atom. The molecule has 0 aliphatic carbocycles. The second-order valence-electron chi connectivity index (χ2n) is 31.7. The van der Waals surface area contributed by atoms with Crippen molar-refractivity contribution < 1.29 is 89.4 Å². The molecule has 0 aromatic carbocycles. The predicted molar refractivity (Wildman–Crippen MR) is 416 cm³/mol. The number of carbonyl (C=O) groups excluding carboxylic acids is 1. The smallest absolute Gasteiger partial charge is 0.220 e. The Balaban J connectivity index is 1.33. The molecule has 0 aromatic rings. The minimum absolute atomic E-state index is 0.233. The number of rotatable bonds is 72. The van der Waals surface area contributed by atoms with E-state index in [1.165, 1.54) is 315 Å². The highest BCUT2D eigenvalue weighted by atomic mass is 16.8. The zero-order valence-electron chi connectivity index (χ0n) is 66.3. The molecule has 3 aliphatic rings. The van der Waals surface area contributed by atoms with Gasteiger partial charge >= 0.3 is 0 Å². The van der Waals surface area contributed by atoms with E-state index in [2.05, 4.69) is 31.3 Å². The first-order valence-electron chi connectivity index (χ1n) is 43.9. The van der Waals surface area contributed by atoms with E-state index < -0.39 is 124 Å². The van der Waals surface area contributed by atoms with Crippen molar-refractivity contribution in [2.45, 2.75) is 497 Å². The molecule has 3 fully saturated rings. The lowest BCUT2D eigenvalue weighted by atomic mass is 9.96. The van der Waals surface area contributed by atoms with E-state index in [1.54, 1.807) is 0 Å². The van der Waals surface area contributed by atoms with Gasteiger partial charge in [-0.3, -0.25) is 4.79 Å². The normalized spacial score (nSPS) is 25.9. The van der Waals surface area contributed by atoms with Gasteiger partial charge < -0.3 is 89.9 Å². The molecule has 3 saturated heterocycles. The van der Waals surface area contributed by atoms with Gasteiger partial charge in [0.05, 0.1) is 38.6 Å². The molecule has 1 amide bonds. The van der Waals surface area contributed by atoms with E-state index in [4.69, 9.17) is 28.4 Å². The fourth-order valence-electron chi connectivity index (χ4n) is 15.3. The molecular formula is C85H163NO18. The summed E-state index contributed by atoms with van der Waals surface area (Å²) in [4.78, 5) is 13.5. The topological polar surface area (TPSA) is 307 Å². The zero-order chi connectivity index (χ0) is 75.3. The molecule has 3 heterocycles. The number of hydrogen-bond acceptors (Lipinski definition) is 18. The SMILES string of the molecule is CCCCCCCCCC/C=C\CCCCCCCCCCCCCCCCCCCCCCCC(=O)NC(COC1OC(CO)C(OC2OC(CO)C(OC3OC(CO)C(O)C(O)C3O)C(O)C2O)C(O)C1O)C(O)CCCCCCCCCCCCCCCCCCCCCCCCCCCC. The molecule has 19 heteroatoms. The Kier molecular flexibility index (Phi) is 61.5. The van der Waals surface area contributed by atoms with Crippen molar-refractivity contribution in [3.8, 4) is 0 Å². The van der Waals surface area contributed by atoms with Crippen molar-refractivity contribution in [3.63, 3.8) is 0 Å². The lowest BCUT2D eigenvalue weighted by molar-refractivity contribution is -0.379. The molecule has 17 atom stereocenters. The average Bonchev–Trinajstić information content (AvgIpc) is 0.783. The molecule has 3 aliphatic heterocycles. The van der Waals surface area contributed by atoms with E-state index in [0.29, 0.717) is 12.8 Å². The van der Waals surface area contributed by atoms with Gasteiger partial charge in [0.1, 0.15) is 73.2 Å². The second kappa shape index (κ2) is 66.2. The van der Waals surface area contributed by atoms with Crippen LogP contribution in [0.2, 0.25) is 0 Å². The van der Waals surface area contributed by atoms with Crippen LogP contribution in [0.5, 0.6) is 0 Å². The average molecular weight is 1490 g/mol. The standard InChI is InChI=1S/C85H163NO18/c1-3-5-7-9-11-13-15-17-19-21-23-25-27-29-31-32-33-34-35-36-37-39-41-43-45-47-49-51-53-55-57-59-61-63-73(91)86-68(69(90)62-60-58-56-54-52-50-48-46-44-42-40-38-30-28-26-24-22-20-18-16-14-12-10-8-6-4-2)67-99-83-79(97)76(94)81(71(65-88)101-83)104-85-80(98)77(95)82(72(66-89)102-85)103-84-78(96)75(93)74(92)70(64-87)100-84/h21,23,68-72,74-85,87-90,92-98H,3-20,22,24-67H2,1-2H3,(H,86,91)/b23-21-. The predicted octanol–water partition coefficient (Wildman–Crippen LogP) is 15.9. The number of ether oxygens (including phenoxy) is 6. The van der Waals surface area contributed by atoms with Crippen LogP contribution in [-0.4, -0.2) is 193 Å². The number of aliphatic hydroxyl groups excluding tert-OH is 11. The molecule has 0 saturated carbocycles. The van der Waals surface area contributed by atoms with Gasteiger partial charge in [-0.1, -0.05) is 360 Å². The number of amides is 1. The number of unbranched alkanes of at least 4 members (excludes halogenated alkanes) is 54. The minimum Gasteiger partial charge on any atom is -0.394 e. The highest BCUT2D eigenvalue weighted by Gasteiger charge is 2.54. The first kappa shape index (κ1) is 96.7. The highest BCUT2D eigenvalue weighted by Crippen LogP contribution is 2.34. The van der Waals surface area contributed by atoms with E-state index in [9.17, 15) is 61.0 Å². The Bertz CT molecular complexity index is 1920. The van der Waals surface area contributed by atoms with E-state index in [1.807, 2.05) is 0 Å². The largest absolute Gasteiger partial charge is 0.394 e. The van der Waals surface area contributed by atoms with Crippen LogP contribution < -0.4 is 5.32 Å². The van der Waals surface area contributed by atoms with Gasteiger partial charge in [-0.05, 0) is 38.5 Å². The lowest BCUT2D eigenvalue weighted by Gasteiger charge is -2.48. The van der Waals surface area contributed by atoms with Gasteiger partial charge in [0.15, 0.2) is 18.9 Å². The van der Waals surface area contributed by atoms with Crippen LogP contribution in [0, 0.1) is 0 Å². The van der Waals surface area contributed by atoms with Crippen molar-refractivity contribution in [2.24, 2.45) is 0 Å². The summed E-state index contributed by atoms with van der Waals surface area (Å²) < 4.78 is 34.6. The summed E-state index contributed by atoms with van der Waals surface area (Å²) in [5.41, 5.74) is 0. The number of nitrogens with one attached hydrogen (secondary N) is 1. The zero-order valence-corrected chi connectivity index (χ0v) is 66.3. The Hall–Kier alpha value is -1.47. The van der Waals surface area contributed by atoms with Gasteiger partial charge in [0.2, 0.25) is 5.91 Å². The summed E-state index contributed by atoms with van der Waals surface area (Å²) in [6.07, 6.45) is 53.2. The van der Waals surface area contributed by atoms with E-state index in [-0.39, 0.29) is 18.9 Å². The summed E-state index contributed by atoms with van der Waals surface area (Å²) >= 11 is 0. The summed E-state index contributed by atoms with van der Waals surface area (Å²) in [6.45, 7) is 1.88. The van der Waals surface area contributed by atoms with Crippen LogP contribution >= 0.6 is 0 Å². The summed E-state index contributed by atoms with van der Waals surface area (Å²) in [7, 11) is 0. The fourth-order valence-corrected chi connectivity index (χ4v) is 15.3. The third-order valence-corrected chi connectivity index (χ3v) is 22.3. The third kappa shape index (κ3) is 45.1. The monoisotopic (exact) mass is 1490 g/mol. The molecule has 0 bridgehead atoms. The maximum atomic E-state index is 13.5. The van der Waals surface area contributed by atoms with Gasteiger partial charge in [0.25, 0.3) is 0 Å². The quantitative estimate of drug-likeness (QED) is 0.0199. The van der Waals surface area contributed by atoms with Crippen molar-refractivity contribution in [2.75, 3.05) is 26.4 Å². The molecule has 0 spiro atoms. The minimum atomic E-state index is -1.97. The van der Waals surface area contributed by atoms with Crippen LogP contribution in [0.1, 0.15) is 393 Å². The van der Waals surface area contributed by atoms with E-state index in [0.717, 1.165) is 44.9 Å². The van der Waals surface area contributed by atoms with Gasteiger partial charge in [0, 0.05) is 6.42 Å². The van der Waals surface area contributed by atoms with Crippen LogP contribution in [0.3, 0.4) is 0 Å². The molecule has 3 rings (SSSR count). The molecule has 12 N–H and O–H groups in total. The van der Waals surface area contributed by atoms with Crippen LogP contribution in [-0.2, 0) is 33.2 Å². The third-order valence-electron chi connectivity index (χ3n) is 22.3. The van der Waals surface area contributed by atoms with Crippen LogP contribution in [0.15, 0.2) is 12.2 Å². The van der Waals surface area contributed by atoms with Gasteiger partial charge in [-0.15, -0.1) is 0 Å². The molecule has 17 unspecified atom stereocenters. The summed E-state index contributed by atoms with van der Waals surface area (Å²) in [6, 6.07) is -0.885. The van der Waals surface area contributed by atoms with Gasteiger partial charge in [-0.25, -0.2) is 0 Å². The molecular weight excluding hydrogens is 1320 g/mol. The maximum absolute atomic E-state index is 13.5. The number of carbonyl (C=O) groups is 1. The first-order valence-corrected chi connectivity index (χ1v) is 43.9. The van der Waals surface area contributed by atoms with Crippen molar-refractivity contribution >= 4 is 5.91 Å². The fraction of sp³-hybridized carbons (Fsp3) is 0.965. The second-order valence-corrected chi connectivity index (χ2v) is 31.7. The number of allylic oxidation sites excluding steroid dienone is 2. The highest BCUT2D eigenvalue weighted by molar-refractivity contribution is 5.76. The molecule has 104 heavy (non-hydrogen) atoms. The van der Waals surface area contributed by atoms with E-state index >= 15 is 0 Å². The lowest BCUT2D eigenvalue weighted by Crippen LogP contribution is -2.66. The first-order chi connectivity index (χ1) is 50.8. The molecule has 0 radical (unpaired) electrons. The maximum Gasteiger partial charge on any atom is 0.220 e. The van der Waals surface area contributed by atoms with Gasteiger partial charge in [-0.2, -0.15) is 0 Å². The van der Waals surface area contributed by atoms with Crippen molar-refractivity contribution in [3.05, 3.63) is 12.2 Å². The van der Waals surface area contributed by atoms with Crippen LogP contribution in [0.4, 0.5) is 0 Å². The summed E-state index contributed by atoms with van der Waals surface area (Å²) in [5, 5.41) is 121. The number of hydrogen-bond donors (Lipinski definition) is 12. The Morgan fingerprint density at radius 1 is 0.337 bits per heavy atom. The van der Waals surface area contributed by atoms with Crippen LogP contribution in [0.25, 0.3) is 0 Å².